The summed E-state index contributed by atoms with van der Waals surface area (Å²) in [5.74, 6) is 0.495. The molecule has 8 heteroatoms. The molecule has 1 aromatic carbocycles. The maximum Gasteiger partial charge on any atom is 0.291 e. The van der Waals surface area contributed by atoms with E-state index in [9.17, 15) is 9.59 Å². The number of furan rings is 1. The Morgan fingerprint density at radius 3 is 2.30 bits per heavy atom. The summed E-state index contributed by atoms with van der Waals surface area (Å²) in [5.41, 5.74) is 4.25. The molecule has 6 nitrogen and oxygen atoms in total. The van der Waals surface area contributed by atoms with E-state index in [1.807, 2.05) is 26.0 Å². The lowest BCUT2D eigenvalue weighted by molar-refractivity contribution is -0.125. The van der Waals surface area contributed by atoms with Crippen molar-refractivity contribution in [2.45, 2.75) is 30.4 Å². The van der Waals surface area contributed by atoms with Crippen LogP contribution in [-0.2, 0) is 4.79 Å². The molecule has 27 heavy (non-hydrogen) atoms. The Balaban J connectivity index is 1.61. The zero-order valence-electron chi connectivity index (χ0n) is 15.1. The minimum Gasteiger partial charge on any atom is -0.456 e. The van der Waals surface area contributed by atoms with E-state index in [1.54, 1.807) is 31.2 Å². The quantitative estimate of drug-likeness (QED) is 0.361. The van der Waals surface area contributed by atoms with E-state index in [2.05, 4.69) is 47.7 Å². The predicted octanol–water partition coefficient (Wildman–Crippen LogP) is 4.58. The first-order chi connectivity index (χ1) is 12.6. The van der Waals surface area contributed by atoms with Crippen LogP contribution >= 0.6 is 31.9 Å². The van der Waals surface area contributed by atoms with Gasteiger partial charge in [0.25, 0.3) is 5.91 Å². The first kappa shape index (κ1) is 19.8. The van der Waals surface area contributed by atoms with Crippen molar-refractivity contribution < 1.29 is 14.0 Å². The van der Waals surface area contributed by atoms with Gasteiger partial charge in [0.1, 0.15) is 5.76 Å². The number of carbonyl (C=O) groups excluding carboxylic acids is 2. The van der Waals surface area contributed by atoms with Crippen LogP contribution in [0.2, 0.25) is 0 Å². The molecule has 0 spiro atoms. The van der Waals surface area contributed by atoms with Crippen LogP contribution in [0.4, 0.5) is 5.69 Å². The maximum atomic E-state index is 12.3. The molecule has 0 aliphatic heterocycles. The lowest BCUT2D eigenvalue weighted by Gasteiger charge is -2.11. The highest BCUT2D eigenvalue weighted by Gasteiger charge is 2.66. The highest BCUT2D eigenvalue weighted by Crippen LogP contribution is 2.66. The SMILES string of the molecule is CC(=NNC(=O)[C@]1(C)CC1(Br)Br)c1ccc(NC(=O)c2ccc(C)o2)cc1. The van der Waals surface area contributed by atoms with Crippen molar-refractivity contribution in [3.63, 3.8) is 0 Å². The van der Waals surface area contributed by atoms with E-state index in [0.29, 0.717) is 23.6 Å². The molecule has 3 rings (SSSR count). The molecule has 1 heterocycles. The molecule has 2 N–H and O–H groups in total. The highest BCUT2D eigenvalue weighted by atomic mass is 79.9. The summed E-state index contributed by atoms with van der Waals surface area (Å²) in [5, 5.41) is 6.95. The fourth-order valence-corrected chi connectivity index (χ4v) is 3.99. The molecule has 1 atom stereocenters. The zero-order valence-corrected chi connectivity index (χ0v) is 18.3. The van der Waals surface area contributed by atoms with Crippen molar-refractivity contribution in [1.82, 2.24) is 5.43 Å². The first-order valence-corrected chi connectivity index (χ1v) is 9.92. The van der Waals surface area contributed by atoms with Gasteiger partial charge in [0.05, 0.1) is 14.4 Å². The fraction of sp³-hybridized carbons (Fsp3) is 0.316. The third kappa shape index (κ3) is 4.16. The molecule has 2 amide bonds. The monoisotopic (exact) mass is 495 g/mol. The van der Waals surface area contributed by atoms with Gasteiger partial charge in [-0.05, 0) is 57.0 Å². The molecule has 1 aliphatic rings. The van der Waals surface area contributed by atoms with Crippen LogP contribution in [0.5, 0.6) is 0 Å². The molecule has 0 bridgehead atoms. The Bertz CT molecular complexity index is 919. The van der Waals surface area contributed by atoms with E-state index in [-0.39, 0.29) is 20.8 Å². The Labute approximate surface area is 174 Å². The van der Waals surface area contributed by atoms with Crippen LogP contribution in [0.3, 0.4) is 0 Å². The summed E-state index contributed by atoms with van der Waals surface area (Å²) in [7, 11) is 0. The van der Waals surface area contributed by atoms with Gasteiger partial charge < -0.3 is 9.73 Å². The topological polar surface area (TPSA) is 83.7 Å². The first-order valence-electron chi connectivity index (χ1n) is 8.33. The van der Waals surface area contributed by atoms with Crippen molar-refractivity contribution in [1.29, 1.82) is 0 Å². The van der Waals surface area contributed by atoms with Gasteiger partial charge in [0, 0.05) is 5.69 Å². The number of carbonyl (C=O) groups is 2. The number of nitrogens with zero attached hydrogens (tertiary/aromatic N) is 1. The van der Waals surface area contributed by atoms with E-state index in [1.165, 1.54) is 0 Å². The Kier molecular flexibility index (Phi) is 5.31. The van der Waals surface area contributed by atoms with Crippen LogP contribution in [0.25, 0.3) is 0 Å². The van der Waals surface area contributed by atoms with Crippen LogP contribution < -0.4 is 10.7 Å². The standard InChI is InChI=1S/C19H19Br2N3O3/c1-11-4-9-15(27-11)16(25)22-14-7-5-13(6-8-14)12(2)23-24-17(26)18(3)10-19(18,20)21/h4-9H,10H2,1-3H3,(H,22,25)(H,24,26)/t18-/m0/s1. The number of hydrogen-bond donors (Lipinski definition) is 2. The van der Waals surface area contributed by atoms with Crippen LogP contribution in [-0.4, -0.2) is 20.8 Å². The van der Waals surface area contributed by atoms with Crippen molar-refractivity contribution in [2.24, 2.45) is 10.5 Å². The molecule has 2 aromatic rings. The number of hydrazone groups is 1. The zero-order chi connectivity index (χ0) is 19.8. The average Bonchev–Trinajstić information content (AvgIpc) is 2.94. The number of amides is 2. The summed E-state index contributed by atoms with van der Waals surface area (Å²) in [6, 6.07) is 10.6. The lowest BCUT2D eigenvalue weighted by atomic mass is 10.1. The largest absolute Gasteiger partial charge is 0.456 e. The molecular weight excluding hydrogens is 478 g/mol. The molecule has 0 unspecified atom stereocenters. The summed E-state index contributed by atoms with van der Waals surface area (Å²) in [6.45, 7) is 5.46. The number of aryl methyl sites for hydroxylation is 1. The summed E-state index contributed by atoms with van der Waals surface area (Å²) >= 11 is 6.95. The van der Waals surface area contributed by atoms with Crippen molar-refractivity contribution >= 4 is 55.1 Å². The highest BCUT2D eigenvalue weighted by molar-refractivity contribution is 9.25. The normalized spacial score (nSPS) is 20.9. The molecule has 1 aromatic heterocycles. The Hall–Kier alpha value is -1.93. The second kappa shape index (κ2) is 7.24. The summed E-state index contributed by atoms with van der Waals surface area (Å²) in [4.78, 5) is 24.3. The van der Waals surface area contributed by atoms with Gasteiger partial charge in [-0.15, -0.1) is 0 Å². The number of benzene rings is 1. The van der Waals surface area contributed by atoms with Gasteiger partial charge in [0.2, 0.25) is 5.91 Å². The smallest absolute Gasteiger partial charge is 0.291 e. The number of hydrogen-bond acceptors (Lipinski definition) is 4. The van der Waals surface area contributed by atoms with Gasteiger partial charge in [-0.3, -0.25) is 9.59 Å². The third-order valence-corrected chi connectivity index (χ3v) is 6.92. The van der Waals surface area contributed by atoms with E-state index >= 15 is 0 Å². The number of rotatable bonds is 5. The molecular formula is C19H19Br2N3O3. The Morgan fingerprint density at radius 2 is 1.78 bits per heavy atom. The number of nitrogens with one attached hydrogen (secondary N) is 2. The van der Waals surface area contributed by atoms with Crippen LogP contribution in [0.1, 0.15) is 42.1 Å². The molecule has 142 valence electrons. The predicted molar refractivity (Wildman–Crippen MR) is 112 cm³/mol. The fourth-order valence-electron chi connectivity index (χ4n) is 2.51. The number of alkyl halides is 2. The van der Waals surface area contributed by atoms with Gasteiger partial charge in [0.15, 0.2) is 5.76 Å². The van der Waals surface area contributed by atoms with Crippen molar-refractivity contribution in [2.75, 3.05) is 5.32 Å². The minimum absolute atomic E-state index is 0.145. The van der Waals surface area contributed by atoms with Crippen LogP contribution in [0.15, 0.2) is 45.9 Å². The number of anilines is 1. The van der Waals surface area contributed by atoms with Gasteiger partial charge >= 0.3 is 0 Å². The van der Waals surface area contributed by atoms with E-state index in [0.717, 1.165) is 5.56 Å². The molecule has 0 saturated heterocycles. The average molecular weight is 497 g/mol. The second-order valence-electron chi connectivity index (χ2n) is 6.79. The molecule has 1 aliphatic carbocycles. The lowest BCUT2D eigenvalue weighted by Crippen LogP contribution is -2.30. The van der Waals surface area contributed by atoms with Gasteiger partial charge in [-0.2, -0.15) is 5.10 Å². The summed E-state index contributed by atoms with van der Waals surface area (Å²) < 4.78 is 4.95. The second-order valence-corrected chi connectivity index (χ2v) is 10.6. The van der Waals surface area contributed by atoms with E-state index in [4.69, 9.17) is 4.42 Å². The molecule has 0 radical (unpaired) electrons. The van der Waals surface area contributed by atoms with Crippen LogP contribution in [0, 0.1) is 12.3 Å². The molecule has 1 saturated carbocycles. The Morgan fingerprint density at radius 1 is 1.15 bits per heavy atom. The van der Waals surface area contributed by atoms with Gasteiger partial charge in [-0.25, -0.2) is 5.43 Å². The number of halogens is 2. The maximum absolute atomic E-state index is 12.3. The van der Waals surface area contributed by atoms with Crippen molar-refractivity contribution in [3.05, 3.63) is 53.5 Å². The van der Waals surface area contributed by atoms with Crippen molar-refractivity contribution in [3.8, 4) is 0 Å². The third-order valence-electron chi connectivity index (χ3n) is 4.61. The van der Waals surface area contributed by atoms with Gasteiger partial charge in [-0.1, -0.05) is 44.0 Å². The summed E-state index contributed by atoms with van der Waals surface area (Å²) in [6.07, 6.45) is 0.698. The molecule has 1 fully saturated rings. The minimum atomic E-state index is -0.519. The van der Waals surface area contributed by atoms with E-state index < -0.39 is 5.41 Å².